The zero-order valence-corrected chi connectivity index (χ0v) is 12.2. The molecule has 1 aromatic carbocycles. The van der Waals surface area contributed by atoms with Gasteiger partial charge in [0.25, 0.3) is 11.6 Å². The molecule has 118 valence electrons. The Morgan fingerprint density at radius 2 is 2.00 bits per heavy atom. The van der Waals surface area contributed by atoms with Crippen molar-refractivity contribution in [2.75, 3.05) is 31.6 Å². The van der Waals surface area contributed by atoms with Crippen molar-refractivity contribution in [1.82, 2.24) is 4.90 Å². The summed E-state index contributed by atoms with van der Waals surface area (Å²) in [5.74, 6) is -1.70. The van der Waals surface area contributed by atoms with Crippen LogP contribution in [-0.4, -0.2) is 53.5 Å². The molecule has 1 saturated heterocycles. The first-order valence-corrected chi connectivity index (χ1v) is 6.91. The molecule has 0 unspecified atom stereocenters. The standard InChI is InChI=1S/C14H17N3O5/c1-15(9-13(18)19)14(20)10-4-5-11(12(8-10)17(21)22)16-6-2-3-7-16/h4-5,8H,2-3,6-7,9H2,1H3,(H,18,19). The molecule has 8 heteroatoms. The Kier molecular flexibility index (Phi) is 4.59. The summed E-state index contributed by atoms with van der Waals surface area (Å²) in [5.41, 5.74) is 0.481. The Hall–Kier alpha value is -2.64. The van der Waals surface area contributed by atoms with Gasteiger partial charge in [-0.1, -0.05) is 0 Å². The van der Waals surface area contributed by atoms with Crippen molar-refractivity contribution >= 4 is 23.3 Å². The van der Waals surface area contributed by atoms with Crippen molar-refractivity contribution in [3.63, 3.8) is 0 Å². The van der Waals surface area contributed by atoms with Crippen molar-refractivity contribution in [1.29, 1.82) is 0 Å². The molecule has 1 aliphatic rings. The van der Waals surface area contributed by atoms with E-state index in [0.717, 1.165) is 30.8 Å². The van der Waals surface area contributed by atoms with E-state index < -0.39 is 23.3 Å². The maximum Gasteiger partial charge on any atom is 0.323 e. The van der Waals surface area contributed by atoms with Gasteiger partial charge in [-0.3, -0.25) is 19.7 Å². The Balaban J connectivity index is 2.30. The molecule has 1 heterocycles. The number of carbonyl (C=O) groups excluding carboxylic acids is 1. The van der Waals surface area contributed by atoms with Crippen molar-refractivity contribution in [2.45, 2.75) is 12.8 Å². The van der Waals surface area contributed by atoms with Gasteiger partial charge in [0.1, 0.15) is 12.2 Å². The molecule has 8 nitrogen and oxygen atoms in total. The second-order valence-corrected chi connectivity index (χ2v) is 5.21. The first-order valence-electron chi connectivity index (χ1n) is 6.91. The first-order chi connectivity index (χ1) is 10.4. The summed E-state index contributed by atoms with van der Waals surface area (Å²) in [6.45, 7) is 1.06. The molecule has 0 aliphatic carbocycles. The van der Waals surface area contributed by atoms with E-state index in [4.69, 9.17) is 5.11 Å². The van der Waals surface area contributed by atoms with Gasteiger partial charge in [-0.05, 0) is 25.0 Å². The number of amides is 1. The molecule has 1 fully saturated rings. The SMILES string of the molecule is CN(CC(=O)O)C(=O)c1ccc(N2CCCC2)c([N+](=O)[O-])c1. The highest BCUT2D eigenvalue weighted by molar-refractivity contribution is 5.97. The van der Waals surface area contributed by atoms with Crippen LogP contribution in [0.15, 0.2) is 18.2 Å². The van der Waals surface area contributed by atoms with Crippen LogP contribution in [0, 0.1) is 10.1 Å². The van der Waals surface area contributed by atoms with E-state index in [9.17, 15) is 19.7 Å². The molecule has 1 aromatic rings. The Morgan fingerprint density at radius 1 is 1.36 bits per heavy atom. The monoisotopic (exact) mass is 307 g/mol. The average molecular weight is 307 g/mol. The van der Waals surface area contributed by atoms with Crippen molar-refractivity contribution < 1.29 is 19.6 Å². The number of likely N-dealkylation sites (N-methyl/N-ethyl adjacent to an activating group) is 1. The van der Waals surface area contributed by atoms with Crippen LogP contribution in [0.4, 0.5) is 11.4 Å². The van der Waals surface area contributed by atoms with E-state index in [0.29, 0.717) is 5.69 Å². The number of carbonyl (C=O) groups is 2. The lowest BCUT2D eigenvalue weighted by Crippen LogP contribution is -2.32. The van der Waals surface area contributed by atoms with Gasteiger partial charge < -0.3 is 14.9 Å². The third-order valence-corrected chi connectivity index (χ3v) is 3.58. The molecule has 22 heavy (non-hydrogen) atoms. The summed E-state index contributed by atoms with van der Waals surface area (Å²) >= 11 is 0. The zero-order valence-electron chi connectivity index (χ0n) is 12.2. The van der Waals surface area contributed by atoms with Crippen LogP contribution in [0.1, 0.15) is 23.2 Å². The molecular weight excluding hydrogens is 290 g/mol. The molecule has 0 radical (unpaired) electrons. The fourth-order valence-corrected chi connectivity index (χ4v) is 2.52. The van der Waals surface area contributed by atoms with Gasteiger partial charge >= 0.3 is 5.97 Å². The van der Waals surface area contributed by atoms with Gasteiger partial charge in [-0.15, -0.1) is 0 Å². The van der Waals surface area contributed by atoms with E-state index in [1.807, 2.05) is 4.90 Å². The highest BCUT2D eigenvalue weighted by atomic mass is 16.6. The molecule has 2 rings (SSSR count). The fraction of sp³-hybridized carbons (Fsp3) is 0.429. The van der Waals surface area contributed by atoms with Gasteiger partial charge in [0.2, 0.25) is 0 Å². The number of anilines is 1. The number of nitro benzene ring substituents is 1. The number of benzene rings is 1. The molecule has 0 spiro atoms. The lowest BCUT2D eigenvalue weighted by Gasteiger charge is -2.19. The molecule has 1 N–H and O–H groups in total. The minimum Gasteiger partial charge on any atom is -0.480 e. The topological polar surface area (TPSA) is 104 Å². The highest BCUT2D eigenvalue weighted by Crippen LogP contribution is 2.31. The minimum atomic E-state index is -1.14. The Labute approximate surface area is 127 Å². The predicted molar refractivity (Wildman–Crippen MR) is 79.1 cm³/mol. The van der Waals surface area contributed by atoms with Crippen LogP contribution in [-0.2, 0) is 4.79 Å². The van der Waals surface area contributed by atoms with Crippen LogP contribution >= 0.6 is 0 Å². The fourth-order valence-electron chi connectivity index (χ4n) is 2.52. The van der Waals surface area contributed by atoms with Crippen molar-refractivity contribution in [2.24, 2.45) is 0 Å². The second-order valence-electron chi connectivity index (χ2n) is 5.21. The van der Waals surface area contributed by atoms with Crippen LogP contribution in [0.5, 0.6) is 0 Å². The minimum absolute atomic E-state index is 0.110. The number of hydrogen-bond donors (Lipinski definition) is 1. The van der Waals surface area contributed by atoms with Crippen LogP contribution in [0.2, 0.25) is 0 Å². The van der Waals surface area contributed by atoms with Gasteiger partial charge in [0.05, 0.1) is 4.92 Å². The Bertz CT molecular complexity index is 610. The highest BCUT2D eigenvalue weighted by Gasteiger charge is 2.25. The van der Waals surface area contributed by atoms with Gasteiger partial charge in [-0.2, -0.15) is 0 Å². The molecule has 0 saturated carbocycles. The zero-order chi connectivity index (χ0) is 16.3. The van der Waals surface area contributed by atoms with Crippen molar-refractivity contribution in [3.8, 4) is 0 Å². The maximum atomic E-state index is 12.1. The molecule has 1 aliphatic heterocycles. The number of carboxylic acids is 1. The maximum absolute atomic E-state index is 12.1. The summed E-state index contributed by atoms with van der Waals surface area (Å²) in [7, 11) is 1.34. The number of aliphatic carboxylic acids is 1. The first kappa shape index (κ1) is 15.7. The van der Waals surface area contributed by atoms with Gasteiger partial charge in [-0.25, -0.2) is 0 Å². The molecule has 1 amide bonds. The van der Waals surface area contributed by atoms with E-state index in [2.05, 4.69) is 0 Å². The smallest absolute Gasteiger partial charge is 0.323 e. The molecule has 0 aromatic heterocycles. The Morgan fingerprint density at radius 3 is 2.55 bits per heavy atom. The van der Waals surface area contributed by atoms with Gasteiger partial charge in [0.15, 0.2) is 0 Å². The summed E-state index contributed by atoms with van der Waals surface area (Å²) in [6, 6.07) is 4.28. The van der Waals surface area contributed by atoms with E-state index in [-0.39, 0.29) is 11.3 Å². The second kappa shape index (κ2) is 6.42. The normalized spacial score (nSPS) is 14.0. The third-order valence-electron chi connectivity index (χ3n) is 3.58. The number of carboxylic acid groups (broad SMARTS) is 1. The molecule has 0 bridgehead atoms. The lowest BCUT2D eigenvalue weighted by atomic mass is 10.1. The van der Waals surface area contributed by atoms with Gasteiger partial charge in [0, 0.05) is 31.8 Å². The van der Waals surface area contributed by atoms with E-state index in [1.54, 1.807) is 6.07 Å². The predicted octanol–water partition coefficient (Wildman–Crippen LogP) is 1.35. The van der Waals surface area contributed by atoms with Crippen LogP contribution in [0.25, 0.3) is 0 Å². The summed E-state index contributed by atoms with van der Waals surface area (Å²) in [5, 5.41) is 20.0. The average Bonchev–Trinajstić information content (AvgIpc) is 2.99. The van der Waals surface area contributed by atoms with Crippen molar-refractivity contribution in [3.05, 3.63) is 33.9 Å². The molecular formula is C14H17N3O5. The molecule has 0 atom stereocenters. The van der Waals surface area contributed by atoms with Crippen LogP contribution < -0.4 is 4.90 Å². The van der Waals surface area contributed by atoms with E-state index in [1.165, 1.54) is 19.2 Å². The summed E-state index contributed by atoms with van der Waals surface area (Å²) < 4.78 is 0. The number of rotatable bonds is 5. The largest absolute Gasteiger partial charge is 0.480 e. The summed E-state index contributed by atoms with van der Waals surface area (Å²) in [4.78, 5) is 36.4. The summed E-state index contributed by atoms with van der Waals surface area (Å²) in [6.07, 6.45) is 1.97. The lowest BCUT2D eigenvalue weighted by molar-refractivity contribution is -0.384. The number of nitro groups is 1. The third kappa shape index (κ3) is 3.33. The number of nitrogens with zero attached hydrogens (tertiary/aromatic N) is 3. The quantitative estimate of drug-likeness (QED) is 0.650. The van der Waals surface area contributed by atoms with Crippen LogP contribution in [0.3, 0.4) is 0 Å². The van der Waals surface area contributed by atoms with E-state index >= 15 is 0 Å². The number of hydrogen-bond acceptors (Lipinski definition) is 5.